The molecule has 0 aromatic carbocycles. The van der Waals surface area contributed by atoms with E-state index in [0.29, 0.717) is 35.9 Å². The third-order valence-corrected chi connectivity index (χ3v) is 5.78. The van der Waals surface area contributed by atoms with Crippen molar-refractivity contribution in [1.82, 2.24) is 25.7 Å². The number of hydrogen-bond acceptors (Lipinski definition) is 8. The molecule has 5 rings (SSSR count). The SMILES string of the molecule is O=C(NC1CCOCC1)c1ccc(OCc2c(-c3ccc(Cl)nc3)noc2C2CC2)nn1. The Hall–Kier alpha value is -3.04. The fraction of sp³-hybridized carbons (Fsp3) is 0.409. The standard InChI is InChI=1S/C22H22ClN5O4/c23-18-5-3-14(11-24-18)20-16(21(32-28-20)13-1-2-13)12-31-19-6-4-17(26-27-19)22(29)25-15-7-9-30-10-8-15/h3-6,11,13,15H,1-2,7-10,12H2,(H,25,29). The summed E-state index contributed by atoms with van der Waals surface area (Å²) >= 11 is 5.91. The molecule has 0 radical (unpaired) electrons. The quantitative estimate of drug-likeness (QED) is 0.538. The lowest BCUT2D eigenvalue weighted by molar-refractivity contribution is 0.0693. The highest BCUT2D eigenvalue weighted by Crippen LogP contribution is 2.44. The molecule has 1 aliphatic heterocycles. The maximum Gasteiger partial charge on any atom is 0.272 e. The summed E-state index contributed by atoms with van der Waals surface area (Å²) in [4.78, 5) is 16.5. The van der Waals surface area contributed by atoms with Crippen LogP contribution in [0.2, 0.25) is 5.15 Å². The molecule has 3 aromatic rings. The molecule has 9 nitrogen and oxygen atoms in total. The molecule has 2 aliphatic rings. The first-order valence-corrected chi connectivity index (χ1v) is 11.0. The molecule has 0 unspecified atom stereocenters. The minimum Gasteiger partial charge on any atom is -0.472 e. The van der Waals surface area contributed by atoms with Crippen LogP contribution in [0.3, 0.4) is 0 Å². The molecule has 166 valence electrons. The first-order chi connectivity index (χ1) is 15.7. The van der Waals surface area contributed by atoms with Gasteiger partial charge in [-0.1, -0.05) is 16.8 Å². The zero-order valence-electron chi connectivity index (χ0n) is 17.3. The van der Waals surface area contributed by atoms with Crippen molar-refractivity contribution in [2.75, 3.05) is 13.2 Å². The van der Waals surface area contributed by atoms with E-state index in [1.165, 1.54) is 0 Å². The summed E-state index contributed by atoms with van der Waals surface area (Å²) in [5, 5.41) is 15.7. The molecule has 10 heteroatoms. The summed E-state index contributed by atoms with van der Waals surface area (Å²) in [5.74, 6) is 1.26. The van der Waals surface area contributed by atoms with Crippen LogP contribution in [0.4, 0.5) is 0 Å². The summed E-state index contributed by atoms with van der Waals surface area (Å²) in [5.41, 5.74) is 2.59. The lowest BCUT2D eigenvalue weighted by Gasteiger charge is -2.22. The number of nitrogens with one attached hydrogen (secondary N) is 1. The van der Waals surface area contributed by atoms with E-state index >= 15 is 0 Å². The van der Waals surface area contributed by atoms with Crippen LogP contribution >= 0.6 is 11.6 Å². The van der Waals surface area contributed by atoms with Gasteiger partial charge in [0.1, 0.15) is 23.2 Å². The van der Waals surface area contributed by atoms with Gasteiger partial charge >= 0.3 is 0 Å². The van der Waals surface area contributed by atoms with Gasteiger partial charge in [0.25, 0.3) is 5.91 Å². The minimum absolute atomic E-state index is 0.101. The zero-order chi connectivity index (χ0) is 21.9. The van der Waals surface area contributed by atoms with Crippen LogP contribution in [-0.2, 0) is 11.3 Å². The van der Waals surface area contributed by atoms with Crippen molar-refractivity contribution in [2.45, 2.75) is 44.2 Å². The fourth-order valence-corrected chi connectivity index (χ4v) is 3.75. The van der Waals surface area contributed by atoms with Gasteiger partial charge in [0.05, 0.1) is 5.56 Å². The molecule has 1 saturated carbocycles. The van der Waals surface area contributed by atoms with E-state index in [-0.39, 0.29) is 24.2 Å². The number of amides is 1. The number of halogens is 1. The number of aromatic nitrogens is 4. The van der Waals surface area contributed by atoms with Crippen LogP contribution in [0.15, 0.2) is 35.0 Å². The Bertz CT molecular complexity index is 1080. The van der Waals surface area contributed by atoms with Crippen LogP contribution in [-0.4, -0.2) is 45.5 Å². The first-order valence-electron chi connectivity index (χ1n) is 10.6. The maximum absolute atomic E-state index is 12.4. The van der Waals surface area contributed by atoms with Gasteiger partial charge in [0.15, 0.2) is 5.69 Å². The highest BCUT2D eigenvalue weighted by Gasteiger charge is 2.33. The predicted molar refractivity (Wildman–Crippen MR) is 114 cm³/mol. The molecule has 2 fully saturated rings. The van der Waals surface area contributed by atoms with Gasteiger partial charge in [-0.3, -0.25) is 4.79 Å². The number of hydrogen-bond donors (Lipinski definition) is 1. The van der Waals surface area contributed by atoms with Gasteiger partial charge in [-0.15, -0.1) is 10.2 Å². The van der Waals surface area contributed by atoms with Gasteiger partial charge in [0.2, 0.25) is 5.88 Å². The fourth-order valence-electron chi connectivity index (χ4n) is 3.64. The van der Waals surface area contributed by atoms with Gasteiger partial charge < -0.3 is 19.3 Å². The second kappa shape index (κ2) is 9.22. The monoisotopic (exact) mass is 455 g/mol. The van der Waals surface area contributed by atoms with Crippen molar-refractivity contribution >= 4 is 17.5 Å². The highest BCUT2D eigenvalue weighted by atomic mass is 35.5. The number of carbonyl (C=O) groups excluding carboxylic acids is 1. The largest absolute Gasteiger partial charge is 0.472 e. The van der Waals surface area contributed by atoms with E-state index in [9.17, 15) is 4.79 Å². The van der Waals surface area contributed by atoms with Gasteiger partial charge in [-0.05, 0) is 43.9 Å². The van der Waals surface area contributed by atoms with E-state index in [1.807, 2.05) is 6.07 Å². The second-order valence-corrected chi connectivity index (χ2v) is 8.31. The van der Waals surface area contributed by atoms with Crippen LogP contribution in [0.25, 0.3) is 11.3 Å². The van der Waals surface area contributed by atoms with Crippen LogP contribution < -0.4 is 10.1 Å². The van der Waals surface area contributed by atoms with E-state index in [2.05, 4.69) is 25.7 Å². The molecule has 1 aliphatic carbocycles. The topological polar surface area (TPSA) is 112 Å². The van der Waals surface area contributed by atoms with Crippen molar-refractivity contribution in [3.63, 3.8) is 0 Å². The smallest absolute Gasteiger partial charge is 0.272 e. The molecule has 0 bridgehead atoms. The molecule has 4 heterocycles. The lowest BCUT2D eigenvalue weighted by Crippen LogP contribution is -2.39. The van der Waals surface area contributed by atoms with Crippen LogP contribution in [0.5, 0.6) is 5.88 Å². The van der Waals surface area contributed by atoms with E-state index in [4.69, 9.17) is 25.6 Å². The molecule has 1 amide bonds. The molecule has 0 atom stereocenters. The van der Waals surface area contributed by atoms with Gasteiger partial charge in [0, 0.05) is 43.0 Å². The molecule has 0 spiro atoms. The summed E-state index contributed by atoms with van der Waals surface area (Å²) in [6.07, 6.45) is 5.39. The molecule has 32 heavy (non-hydrogen) atoms. The predicted octanol–water partition coefficient (Wildman–Crippen LogP) is 3.55. The maximum atomic E-state index is 12.4. The number of pyridine rings is 1. The lowest BCUT2D eigenvalue weighted by atomic mass is 10.1. The summed E-state index contributed by atoms with van der Waals surface area (Å²) in [7, 11) is 0. The highest BCUT2D eigenvalue weighted by molar-refractivity contribution is 6.29. The molecular formula is C22H22ClN5O4. The van der Waals surface area contributed by atoms with Crippen LogP contribution in [0.1, 0.15) is 53.4 Å². The Morgan fingerprint density at radius 1 is 1.12 bits per heavy atom. The Morgan fingerprint density at radius 2 is 1.97 bits per heavy atom. The number of nitrogens with zero attached hydrogens (tertiary/aromatic N) is 4. The molecule has 3 aromatic heterocycles. The van der Waals surface area contributed by atoms with Crippen molar-refractivity contribution in [1.29, 1.82) is 0 Å². The number of rotatable bonds is 7. The summed E-state index contributed by atoms with van der Waals surface area (Å²) in [6.45, 7) is 1.53. The van der Waals surface area contributed by atoms with E-state index < -0.39 is 0 Å². The third kappa shape index (κ3) is 4.73. The first kappa shape index (κ1) is 20.8. The van der Waals surface area contributed by atoms with Gasteiger partial charge in [-0.25, -0.2) is 4.98 Å². The Balaban J connectivity index is 1.27. The molecule has 1 saturated heterocycles. The minimum atomic E-state index is -0.247. The average molecular weight is 456 g/mol. The zero-order valence-corrected chi connectivity index (χ0v) is 18.0. The summed E-state index contributed by atoms with van der Waals surface area (Å²) < 4.78 is 16.8. The van der Waals surface area contributed by atoms with Crippen LogP contribution in [0, 0.1) is 0 Å². The van der Waals surface area contributed by atoms with E-state index in [0.717, 1.165) is 42.6 Å². The molecular weight excluding hydrogens is 434 g/mol. The number of carbonyl (C=O) groups is 1. The second-order valence-electron chi connectivity index (χ2n) is 7.92. The Kier molecular flexibility index (Phi) is 6.00. The molecule has 1 N–H and O–H groups in total. The van der Waals surface area contributed by atoms with Crippen molar-refractivity contribution in [3.05, 3.63) is 52.6 Å². The van der Waals surface area contributed by atoms with Crippen molar-refractivity contribution in [3.8, 4) is 17.1 Å². The normalized spacial score (nSPS) is 16.7. The Morgan fingerprint density at radius 3 is 2.66 bits per heavy atom. The van der Waals surface area contributed by atoms with Crippen molar-refractivity contribution in [2.24, 2.45) is 0 Å². The van der Waals surface area contributed by atoms with E-state index in [1.54, 1.807) is 24.4 Å². The average Bonchev–Trinajstić information content (AvgIpc) is 3.58. The van der Waals surface area contributed by atoms with Crippen molar-refractivity contribution < 1.29 is 18.8 Å². The third-order valence-electron chi connectivity index (χ3n) is 5.56. The summed E-state index contributed by atoms with van der Waals surface area (Å²) in [6, 6.07) is 6.90. The Labute approximate surface area is 189 Å². The van der Waals surface area contributed by atoms with Gasteiger partial charge in [-0.2, -0.15) is 0 Å². The number of ether oxygens (including phenoxy) is 2.